The standard InChI is InChI=1S/C12H22N2S/c1-11(4-3-6-13)8-14(2)9-12-5-7-15-10-12/h5,7,10-11H,3-4,6,8-9,13H2,1-2H3. The Hall–Kier alpha value is -0.380. The maximum atomic E-state index is 5.51. The molecule has 15 heavy (non-hydrogen) atoms. The lowest BCUT2D eigenvalue weighted by Gasteiger charge is -2.20. The Balaban J connectivity index is 2.20. The third kappa shape index (κ3) is 5.30. The van der Waals surface area contributed by atoms with Crippen LogP contribution >= 0.6 is 11.3 Å². The topological polar surface area (TPSA) is 29.3 Å². The molecule has 0 aliphatic rings. The van der Waals surface area contributed by atoms with Gasteiger partial charge in [0.15, 0.2) is 0 Å². The maximum Gasteiger partial charge on any atom is 0.0239 e. The van der Waals surface area contributed by atoms with Crippen LogP contribution in [0.25, 0.3) is 0 Å². The smallest absolute Gasteiger partial charge is 0.0239 e. The van der Waals surface area contributed by atoms with Crippen LogP contribution in [0.1, 0.15) is 25.3 Å². The minimum atomic E-state index is 0.747. The average Bonchev–Trinajstić information content (AvgIpc) is 2.67. The van der Waals surface area contributed by atoms with Gasteiger partial charge in [-0.15, -0.1) is 0 Å². The molecule has 3 heteroatoms. The average molecular weight is 226 g/mol. The third-order valence-electron chi connectivity index (χ3n) is 2.56. The lowest BCUT2D eigenvalue weighted by Crippen LogP contribution is -2.24. The Labute approximate surface area is 97.1 Å². The zero-order valence-electron chi connectivity index (χ0n) is 9.78. The van der Waals surface area contributed by atoms with Gasteiger partial charge in [0, 0.05) is 13.1 Å². The van der Waals surface area contributed by atoms with Crippen molar-refractivity contribution in [1.82, 2.24) is 4.90 Å². The van der Waals surface area contributed by atoms with Crippen molar-refractivity contribution in [2.24, 2.45) is 11.7 Å². The van der Waals surface area contributed by atoms with Gasteiger partial charge in [0.2, 0.25) is 0 Å². The number of hydrogen-bond acceptors (Lipinski definition) is 3. The number of rotatable bonds is 7. The summed E-state index contributed by atoms with van der Waals surface area (Å²) >= 11 is 1.77. The molecule has 1 heterocycles. The Bertz CT molecular complexity index is 246. The fourth-order valence-electron chi connectivity index (χ4n) is 1.85. The van der Waals surface area contributed by atoms with Crippen molar-refractivity contribution in [2.75, 3.05) is 20.1 Å². The fourth-order valence-corrected chi connectivity index (χ4v) is 2.51. The van der Waals surface area contributed by atoms with Gasteiger partial charge in [-0.25, -0.2) is 0 Å². The molecule has 0 spiro atoms. The third-order valence-corrected chi connectivity index (χ3v) is 3.29. The molecule has 1 unspecified atom stereocenters. The number of hydrogen-bond donors (Lipinski definition) is 1. The first kappa shape index (κ1) is 12.7. The summed E-state index contributed by atoms with van der Waals surface area (Å²) in [5, 5.41) is 4.36. The van der Waals surface area contributed by atoms with Crippen LogP contribution in [0.2, 0.25) is 0 Å². The van der Waals surface area contributed by atoms with E-state index in [0.29, 0.717) is 0 Å². The van der Waals surface area contributed by atoms with Gasteiger partial charge in [-0.3, -0.25) is 0 Å². The molecule has 0 bridgehead atoms. The molecule has 1 aromatic heterocycles. The van der Waals surface area contributed by atoms with Crippen molar-refractivity contribution in [2.45, 2.75) is 26.3 Å². The lowest BCUT2D eigenvalue weighted by molar-refractivity contribution is 0.270. The van der Waals surface area contributed by atoms with E-state index in [1.165, 1.54) is 12.0 Å². The predicted octanol–water partition coefficient (Wildman–Crippen LogP) is 2.55. The highest BCUT2D eigenvalue weighted by Gasteiger charge is 2.06. The summed E-state index contributed by atoms with van der Waals surface area (Å²) in [6.45, 7) is 5.35. The van der Waals surface area contributed by atoms with E-state index in [4.69, 9.17) is 5.73 Å². The van der Waals surface area contributed by atoms with Gasteiger partial charge in [-0.05, 0) is 54.7 Å². The summed E-state index contributed by atoms with van der Waals surface area (Å²) in [5.74, 6) is 0.747. The summed E-state index contributed by atoms with van der Waals surface area (Å²) < 4.78 is 0. The molecule has 2 N–H and O–H groups in total. The highest BCUT2D eigenvalue weighted by Crippen LogP contribution is 2.11. The second-order valence-corrected chi connectivity index (χ2v) is 5.14. The zero-order chi connectivity index (χ0) is 11.1. The normalized spacial score (nSPS) is 13.3. The number of thiophene rings is 1. The first-order valence-electron chi connectivity index (χ1n) is 5.62. The molecule has 0 aliphatic heterocycles. The quantitative estimate of drug-likeness (QED) is 0.774. The van der Waals surface area contributed by atoms with Crippen LogP contribution in [-0.2, 0) is 6.54 Å². The number of nitrogens with two attached hydrogens (primary N) is 1. The van der Waals surface area contributed by atoms with Gasteiger partial charge < -0.3 is 10.6 Å². The van der Waals surface area contributed by atoms with Gasteiger partial charge in [-0.2, -0.15) is 11.3 Å². The maximum absolute atomic E-state index is 5.51. The monoisotopic (exact) mass is 226 g/mol. The van der Waals surface area contributed by atoms with Gasteiger partial charge in [0.1, 0.15) is 0 Å². The Morgan fingerprint density at radius 3 is 2.93 bits per heavy atom. The molecule has 1 atom stereocenters. The first-order chi connectivity index (χ1) is 7.22. The molecule has 0 saturated heterocycles. The molecule has 0 saturated carbocycles. The number of nitrogens with zero attached hydrogens (tertiary/aromatic N) is 1. The second-order valence-electron chi connectivity index (χ2n) is 4.36. The lowest BCUT2D eigenvalue weighted by atomic mass is 10.1. The molecule has 0 aromatic carbocycles. The van der Waals surface area contributed by atoms with Gasteiger partial charge in [0.25, 0.3) is 0 Å². The van der Waals surface area contributed by atoms with Crippen LogP contribution in [0.5, 0.6) is 0 Å². The highest BCUT2D eigenvalue weighted by molar-refractivity contribution is 7.07. The SMILES string of the molecule is CC(CCCN)CN(C)Cc1ccsc1. The molecular formula is C12H22N2S. The highest BCUT2D eigenvalue weighted by atomic mass is 32.1. The summed E-state index contributed by atoms with van der Waals surface area (Å²) in [4.78, 5) is 2.39. The second kappa shape index (κ2) is 6.99. The Morgan fingerprint density at radius 2 is 2.33 bits per heavy atom. The largest absolute Gasteiger partial charge is 0.330 e. The minimum Gasteiger partial charge on any atom is -0.330 e. The fraction of sp³-hybridized carbons (Fsp3) is 0.667. The van der Waals surface area contributed by atoms with E-state index in [1.807, 2.05) is 0 Å². The van der Waals surface area contributed by atoms with Gasteiger partial charge >= 0.3 is 0 Å². The van der Waals surface area contributed by atoms with E-state index in [0.717, 1.165) is 32.0 Å². The molecule has 2 nitrogen and oxygen atoms in total. The van der Waals surface area contributed by atoms with Crippen molar-refractivity contribution in [1.29, 1.82) is 0 Å². The van der Waals surface area contributed by atoms with E-state index >= 15 is 0 Å². The first-order valence-corrected chi connectivity index (χ1v) is 6.56. The van der Waals surface area contributed by atoms with Crippen LogP contribution in [0, 0.1) is 5.92 Å². The molecular weight excluding hydrogens is 204 g/mol. The van der Waals surface area contributed by atoms with E-state index < -0.39 is 0 Å². The molecule has 0 radical (unpaired) electrons. The van der Waals surface area contributed by atoms with Crippen molar-refractivity contribution in [3.05, 3.63) is 22.4 Å². The molecule has 0 aliphatic carbocycles. The van der Waals surface area contributed by atoms with Gasteiger partial charge in [-0.1, -0.05) is 6.92 Å². The van der Waals surface area contributed by atoms with Crippen molar-refractivity contribution in [3.63, 3.8) is 0 Å². The molecule has 1 rings (SSSR count). The molecule has 1 aromatic rings. The van der Waals surface area contributed by atoms with Crippen LogP contribution in [0.4, 0.5) is 0 Å². The molecule has 86 valence electrons. The van der Waals surface area contributed by atoms with E-state index in [9.17, 15) is 0 Å². The summed E-state index contributed by atoms with van der Waals surface area (Å²) in [6.07, 6.45) is 2.39. The van der Waals surface area contributed by atoms with Crippen LogP contribution in [0.3, 0.4) is 0 Å². The van der Waals surface area contributed by atoms with Crippen LogP contribution < -0.4 is 5.73 Å². The van der Waals surface area contributed by atoms with E-state index in [-0.39, 0.29) is 0 Å². The van der Waals surface area contributed by atoms with E-state index in [2.05, 4.69) is 35.7 Å². The van der Waals surface area contributed by atoms with Crippen molar-refractivity contribution < 1.29 is 0 Å². The molecule has 0 amide bonds. The Kier molecular flexibility index (Phi) is 5.91. The Morgan fingerprint density at radius 1 is 1.53 bits per heavy atom. The van der Waals surface area contributed by atoms with E-state index in [1.54, 1.807) is 11.3 Å². The summed E-state index contributed by atoms with van der Waals surface area (Å²) in [7, 11) is 2.19. The summed E-state index contributed by atoms with van der Waals surface area (Å²) in [5.41, 5.74) is 6.93. The molecule has 0 fully saturated rings. The zero-order valence-corrected chi connectivity index (χ0v) is 10.6. The van der Waals surface area contributed by atoms with Crippen LogP contribution in [0.15, 0.2) is 16.8 Å². The summed E-state index contributed by atoms with van der Waals surface area (Å²) in [6, 6.07) is 2.20. The van der Waals surface area contributed by atoms with Crippen LogP contribution in [-0.4, -0.2) is 25.0 Å². The van der Waals surface area contributed by atoms with Crippen molar-refractivity contribution >= 4 is 11.3 Å². The van der Waals surface area contributed by atoms with Gasteiger partial charge in [0.05, 0.1) is 0 Å². The minimum absolute atomic E-state index is 0.747. The van der Waals surface area contributed by atoms with Crippen molar-refractivity contribution in [3.8, 4) is 0 Å². The predicted molar refractivity (Wildman–Crippen MR) is 68.1 cm³/mol.